The standard InChI is InChI=1S/C18H22N4O4/c1-3-6-13-11-15(20-26-13)17-9-5-10-21(17)18(23)19-14-7-4-8-16(12(14)2)22(24)25/h4,7-8,11,17H,3,5-6,9-10H2,1-2H3,(H,19,23)/t17-/m1/s1. The zero-order valence-corrected chi connectivity index (χ0v) is 14.9. The number of hydrogen-bond acceptors (Lipinski definition) is 5. The minimum atomic E-state index is -0.450. The summed E-state index contributed by atoms with van der Waals surface area (Å²) in [6, 6.07) is 6.16. The number of aromatic nitrogens is 1. The summed E-state index contributed by atoms with van der Waals surface area (Å²) in [4.78, 5) is 25.1. The molecule has 1 saturated heterocycles. The van der Waals surface area contributed by atoms with Crippen molar-refractivity contribution >= 4 is 17.4 Å². The minimum absolute atomic E-state index is 0.0125. The molecule has 0 bridgehead atoms. The van der Waals surface area contributed by atoms with E-state index >= 15 is 0 Å². The van der Waals surface area contributed by atoms with Crippen LogP contribution in [0.15, 0.2) is 28.8 Å². The fourth-order valence-electron chi connectivity index (χ4n) is 3.31. The van der Waals surface area contributed by atoms with Gasteiger partial charge < -0.3 is 14.7 Å². The molecule has 1 aliphatic heterocycles. The van der Waals surface area contributed by atoms with Crippen molar-refractivity contribution in [2.45, 2.75) is 45.6 Å². The topological polar surface area (TPSA) is 102 Å². The second-order valence-electron chi connectivity index (χ2n) is 6.46. The predicted molar refractivity (Wildman–Crippen MR) is 96.0 cm³/mol. The molecule has 0 saturated carbocycles. The second-order valence-corrected chi connectivity index (χ2v) is 6.46. The van der Waals surface area contributed by atoms with E-state index in [1.54, 1.807) is 24.0 Å². The average molecular weight is 358 g/mol. The molecule has 0 spiro atoms. The van der Waals surface area contributed by atoms with E-state index in [2.05, 4.69) is 17.4 Å². The molecule has 1 atom stereocenters. The van der Waals surface area contributed by atoms with Crippen LogP contribution in [-0.4, -0.2) is 27.6 Å². The Hall–Kier alpha value is -2.90. The third kappa shape index (κ3) is 3.54. The SMILES string of the molecule is CCCc1cc([C@H]2CCCN2C(=O)Nc2cccc([N+](=O)[O-])c2C)no1. The van der Waals surface area contributed by atoms with Crippen LogP contribution < -0.4 is 5.32 Å². The molecule has 1 aromatic carbocycles. The van der Waals surface area contributed by atoms with Crippen molar-refractivity contribution in [1.29, 1.82) is 0 Å². The Labute approximate surface area is 151 Å². The van der Waals surface area contributed by atoms with Crippen LogP contribution in [0.4, 0.5) is 16.2 Å². The normalized spacial score (nSPS) is 16.7. The van der Waals surface area contributed by atoms with Crippen molar-refractivity contribution < 1.29 is 14.2 Å². The molecule has 2 heterocycles. The lowest BCUT2D eigenvalue weighted by atomic mass is 10.1. The van der Waals surface area contributed by atoms with Gasteiger partial charge in [-0.1, -0.05) is 18.1 Å². The van der Waals surface area contributed by atoms with Gasteiger partial charge in [0.1, 0.15) is 11.5 Å². The molecule has 8 nitrogen and oxygen atoms in total. The van der Waals surface area contributed by atoms with Gasteiger partial charge >= 0.3 is 6.03 Å². The number of benzene rings is 1. The van der Waals surface area contributed by atoms with Crippen molar-refractivity contribution in [3.05, 3.63) is 51.4 Å². The monoisotopic (exact) mass is 358 g/mol. The fourth-order valence-corrected chi connectivity index (χ4v) is 3.31. The Morgan fingerprint density at radius 1 is 1.50 bits per heavy atom. The van der Waals surface area contributed by atoms with Gasteiger partial charge in [0.25, 0.3) is 5.69 Å². The van der Waals surface area contributed by atoms with Crippen LogP contribution in [0.1, 0.15) is 49.2 Å². The molecule has 0 radical (unpaired) electrons. The van der Waals surface area contributed by atoms with Gasteiger partial charge in [0, 0.05) is 25.1 Å². The van der Waals surface area contributed by atoms with Gasteiger partial charge in [0.2, 0.25) is 0 Å². The molecule has 2 aromatic rings. The molecule has 0 aliphatic carbocycles. The van der Waals surface area contributed by atoms with Crippen LogP contribution in [0.5, 0.6) is 0 Å². The van der Waals surface area contributed by atoms with E-state index in [4.69, 9.17) is 4.52 Å². The van der Waals surface area contributed by atoms with Gasteiger partial charge in [-0.2, -0.15) is 0 Å². The van der Waals surface area contributed by atoms with Gasteiger partial charge in [0.15, 0.2) is 0 Å². The van der Waals surface area contributed by atoms with E-state index in [0.29, 0.717) is 17.8 Å². The number of nitrogens with zero attached hydrogens (tertiary/aromatic N) is 3. The highest BCUT2D eigenvalue weighted by molar-refractivity contribution is 5.91. The number of hydrogen-bond donors (Lipinski definition) is 1. The summed E-state index contributed by atoms with van der Waals surface area (Å²) < 4.78 is 5.34. The molecule has 1 fully saturated rings. The van der Waals surface area contributed by atoms with Crippen LogP contribution in [0.25, 0.3) is 0 Å². The van der Waals surface area contributed by atoms with Crippen LogP contribution in [0, 0.1) is 17.0 Å². The van der Waals surface area contributed by atoms with Gasteiger partial charge in [0.05, 0.1) is 22.2 Å². The summed E-state index contributed by atoms with van der Waals surface area (Å²) in [6.45, 7) is 4.31. The van der Waals surface area contributed by atoms with E-state index in [-0.39, 0.29) is 17.8 Å². The number of likely N-dealkylation sites (tertiary alicyclic amines) is 1. The Bertz CT molecular complexity index is 817. The zero-order chi connectivity index (χ0) is 18.7. The lowest BCUT2D eigenvalue weighted by molar-refractivity contribution is -0.385. The molecule has 1 aromatic heterocycles. The van der Waals surface area contributed by atoms with Crippen LogP contribution in [0.3, 0.4) is 0 Å². The summed E-state index contributed by atoms with van der Waals surface area (Å²) in [5.74, 6) is 0.823. The first kappa shape index (κ1) is 17.9. The fraction of sp³-hybridized carbons (Fsp3) is 0.444. The molecule has 8 heteroatoms. The number of aryl methyl sites for hydroxylation is 1. The second kappa shape index (κ2) is 7.55. The summed E-state index contributed by atoms with van der Waals surface area (Å²) >= 11 is 0. The summed E-state index contributed by atoms with van der Waals surface area (Å²) in [7, 11) is 0. The molecule has 1 aliphatic rings. The molecule has 138 valence electrons. The van der Waals surface area contributed by atoms with E-state index in [9.17, 15) is 14.9 Å². The number of nitro groups is 1. The maximum atomic E-state index is 12.8. The van der Waals surface area contributed by atoms with Crippen molar-refractivity contribution in [1.82, 2.24) is 10.1 Å². The Morgan fingerprint density at radius 2 is 2.31 bits per heavy atom. The number of nitro benzene ring substituents is 1. The summed E-state index contributed by atoms with van der Waals surface area (Å²) in [5, 5.41) is 18.0. The smallest absolute Gasteiger partial charge is 0.322 e. The molecular formula is C18H22N4O4. The van der Waals surface area contributed by atoms with Gasteiger partial charge in [-0.3, -0.25) is 10.1 Å². The Morgan fingerprint density at radius 3 is 3.04 bits per heavy atom. The first-order valence-electron chi connectivity index (χ1n) is 8.78. The van der Waals surface area contributed by atoms with Crippen molar-refractivity contribution in [3.8, 4) is 0 Å². The number of carbonyl (C=O) groups excluding carboxylic acids is 1. The van der Waals surface area contributed by atoms with Crippen molar-refractivity contribution in [3.63, 3.8) is 0 Å². The van der Waals surface area contributed by atoms with Gasteiger partial charge in [-0.25, -0.2) is 4.79 Å². The highest BCUT2D eigenvalue weighted by Crippen LogP contribution is 2.33. The number of rotatable bonds is 5. The van der Waals surface area contributed by atoms with E-state index in [0.717, 1.165) is 37.1 Å². The van der Waals surface area contributed by atoms with E-state index < -0.39 is 4.92 Å². The quantitative estimate of drug-likeness (QED) is 0.637. The van der Waals surface area contributed by atoms with Crippen LogP contribution >= 0.6 is 0 Å². The highest BCUT2D eigenvalue weighted by Gasteiger charge is 2.32. The Balaban J connectivity index is 1.76. The minimum Gasteiger partial charge on any atom is -0.361 e. The lowest BCUT2D eigenvalue weighted by Gasteiger charge is -2.23. The molecule has 3 rings (SSSR count). The number of nitrogens with one attached hydrogen (secondary N) is 1. The highest BCUT2D eigenvalue weighted by atomic mass is 16.6. The maximum Gasteiger partial charge on any atom is 0.322 e. The number of amides is 2. The average Bonchev–Trinajstić information content (AvgIpc) is 3.25. The van der Waals surface area contributed by atoms with Crippen molar-refractivity contribution in [2.24, 2.45) is 0 Å². The largest absolute Gasteiger partial charge is 0.361 e. The number of carbonyl (C=O) groups is 1. The Kier molecular flexibility index (Phi) is 5.20. The first-order valence-corrected chi connectivity index (χ1v) is 8.78. The number of urea groups is 1. The maximum absolute atomic E-state index is 12.8. The van der Waals surface area contributed by atoms with E-state index in [1.807, 2.05) is 6.07 Å². The molecule has 1 N–H and O–H groups in total. The first-order chi connectivity index (χ1) is 12.5. The van der Waals surface area contributed by atoms with Crippen LogP contribution in [0.2, 0.25) is 0 Å². The summed E-state index contributed by atoms with van der Waals surface area (Å²) in [5.41, 5.74) is 1.63. The zero-order valence-electron chi connectivity index (χ0n) is 14.9. The van der Waals surface area contributed by atoms with Gasteiger partial charge in [-0.15, -0.1) is 0 Å². The molecular weight excluding hydrogens is 336 g/mol. The summed E-state index contributed by atoms with van der Waals surface area (Å²) in [6.07, 6.45) is 3.48. The third-order valence-corrected chi connectivity index (χ3v) is 4.67. The lowest BCUT2D eigenvalue weighted by Crippen LogP contribution is -2.34. The molecule has 2 amide bonds. The van der Waals surface area contributed by atoms with Crippen LogP contribution in [-0.2, 0) is 6.42 Å². The third-order valence-electron chi connectivity index (χ3n) is 4.67. The van der Waals surface area contributed by atoms with E-state index in [1.165, 1.54) is 6.07 Å². The van der Waals surface area contributed by atoms with Crippen molar-refractivity contribution in [2.75, 3.05) is 11.9 Å². The molecule has 0 unspecified atom stereocenters. The number of anilines is 1. The van der Waals surface area contributed by atoms with Gasteiger partial charge in [-0.05, 0) is 32.3 Å². The molecule has 26 heavy (non-hydrogen) atoms. The predicted octanol–water partition coefficient (Wildman–Crippen LogP) is 4.21.